The minimum atomic E-state index is -2.40. The number of aliphatic hydroxyl groups excluding tert-OH is 12. The molecule has 0 saturated heterocycles. The Balaban J connectivity index is 3.22. The molecular formula is C44H62I6N6O22. The van der Waals surface area contributed by atoms with Crippen LogP contribution in [0.15, 0.2) is 0 Å². The normalized spacial score (nSPS) is 15.5. The summed E-state index contributed by atoms with van der Waals surface area (Å²) in [6, 6.07) is 0. The lowest BCUT2D eigenvalue weighted by Gasteiger charge is -2.38. The Labute approximate surface area is 528 Å². The number of hydrogen-bond donors (Lipinski definition) is 16. The van der Waals surface area contributed by atoms with Crippen molar-refractivity contribution < 1.29 is 110 Å². The zero-order valence-electron chi connectivity index (χ0n) is 42.0. The van der Waals surface area contributed by atoms with E-state index in [2.05, 4.69) is 0 Å². The summed E-state index contributed by atoms with van der Waals surface area (Å²) in [4.78, 5) is 90.4. The smallest absolute Gasteiger partial charge is 0.258 e. The Morgan fingerprint density at radius 1 is 0.385 bits per heavy atom. The highest BCUT2D eigenvalue weighted by Crippen LogP contribution is 2.43. The molecule has 0 bridgehead atoms. The maximum absolute atomic E-state index is 14.6. The molecule has 0 aliphatic carbocycles. The first-order valence-electron chi connectivity index (χ1n) is 22.8. The number of hydrogen-bond acceptors (Lipinski definition) is 22. The summed E-state index contributed by atoms with van der Waals surface area (Å²) in [5.41, 5.74) is -12.5. The molecule has 0 saturated carbocycles. The largest absolute Gasteiger partial charge is 0.395 e. The molecule has 34 heteroatoms. The van der Waals surface area contributed by atoms with Gasteiger partial charge in [0.1, 0.15) is 13.2 Å². The third kappa shape index (κ3) is 16.2. The fourth-order valence-corrected chi connectivity index (χ4v) is 16.8. The van der Waals surface area contributed by atoms with Gasteiger partial charge in [0.25, 0.3) is 35.4 Å². The fourth-order valence-electron chi connectivity index (χ4n) is 7.48. The molecule has 6 unspecified atom stereocenters. The van der Waals surface area contributed by atoms with Crippen LogP contribution in [0.2, 0.25) is 0 Å². The van der Waals surface area contributed by atoms with Gasteiger partial charge >= 0.3 is 0 Å². The quantitative estimate of drug-likeness (QED) is 0.0272. The summed E-state index contributed by atoms with van der Waals surface area (Å²) < 4.78 is -1.53. The molecule has 0 aliphatic rings. The van der Waals surface area contributed by atoms with Crippen LogP contribution in [0.3, 0.4) is 0 Å². The Bertz CT molecular complexity index is 2210. The van der Waals surface area contributed by atoms with Gasteiger partial charge in [-0.25, -0.2) is 0 Å². The average Bonchev–Trinajstić information content (AvgIpc) is 3.38. The van der Waals surface area contributed by atoms with Gasteiger partial charge in [-0.1, -0.05) is 0 Å². The number of benzene rings is 2. The number of amides is 6. The molecule has 442 valence electrons. The van der Waals surface area contributed by atoms with E-state index in [4.69, 9.17) is 0 Å². The molecule has 0 spiro atoms. The highest BCUT2D eigenvalue weighted by molar-refractivity contribution is 14.1. The van der Waals surface area contributed by atoms with Crippen molar-refractivity contribution in [3.05, 3.63) is 43.7 Å². The number of rotatable bonds is 29. The van der Waals surface area contributed by atoms with Gasteiger partial charge in [0.2, 0.25) is 0 Å². The van der Waals surface area contributed by atoms with Crippen molar-refractivity contribution in [1.82, 2.24) is 19.6 Å². The third-order valence-corrected chi connectivity index (χ3v) is 18.2. The van der Waals surface area contributed by atoms with Gasteiger partial charge in [-0.3, -0.25) is 28.8 Å². The van der Waals surface area contributed by atoms with Crippen LogP contribution < -0.4 is 9.80 Å². The molecule has 2 aromatic carbocycles. The number of nitrogens with zero attached hydrogens (tertiary/aromatic N) is 6. The van der Waals surface area contributed by atoms with Crippen LogP contribution in [-0.2, 0) is 9.59 Å². The SMILES string of the molecule is CC(O)(CO)N(CCO)C(=O)c1c(I)c(C(=O)N(CCO)C(C)(O)CO)c(I)c(N(CC(O)C(O)CN(C(=O)CO)c2c(I)c(C(=O)N(CCO)C(C)(O)CO)c(I)c(C(=O)N(CCO)C(C)(O)CO)c2I)C(=O)CO)c1I. The predicted octanol–water partition coefficient (Wildman–Crippen LogP) is -4.07. The molecule has 0 radical (unpaired) electrons. The second kappa shape index (κ2) is 31.2. The molecule has 6 amide bonds. The number of carbonyl (C=O) groups is 6. The van der Waals surface area contributed by atoms with E-state index >= 15 is 0 Å². The van der Waals surface area contributed by atoms with E-state index in [1.54, 1.807) is 136 Å². The molecule has 78 heavy (non-hydrogen) atoms. The molecule has 0 aromatic heterocycles. The standard InChI is InChI=1S/C44H62I6N6O22/c1-41(75,17-63)53(5-9-57)37(71)25-29(45)26(38(72)54(6-10-58)42(2,76)18-64)32(48)35(31(25)47)51(23(69)15-61)13-21(67)22(68)14-52(24(70)16-62)36-33(49)27(39(73)55(7-11-59)43(3,77)19-65)30(46)28(34(36)50)40(74)56(8-12-60)44(4,78)20-66/h21-22,57-68,75-78H,5-20H2,1-4H3. The summed E-state index contributed by atoms with van der Waals surface area (Å²) >= 11 is 9.41. The molecule has 0 heterocycles. The zero-order valence-corrected chi connectivity index (χ0v) is 55.0. The van der Waals surface area contributed by atoms with Crippen LogP contribution in [0.5, 0.6) is 0 Å². The van der Waals surface area contributed by atoms with Gasteiger partial charge in [0.15, 0.2) is 22.9 Å². The third-order valence-electron chi connectivity index (χ3n) is 11.8. The van der Waals surface area contributed by atoms with Crippen molar-refractivity contribution in [2.45, 2.75) is 62.8 Å². The number of halogens is 6. The summed E-state index contributed by atoms with van der Waals surface area (Å²) in [6.07, 6.45) is -4.55. The van der Waals surface area contributed by atoms with Gasteiger partial charge in [-0.15, -0.1) is 0 Å². The minimum absolute atomic E-state index is 0.250. The predicted molar refractivity (Wildman–Crippen MR) is 323 cm³/mol. The van der Waals surface area contributed by atoms with Crippen LogP contribution >= 0.6 is 136 Å². The van der Waals surface area contributed by atoms with Crippen LogP contribution in [0.1, 0.15) is 69.1 Å². The summed E-state index contributed by atoms with van der Waals surface area (Å²) in [5.74, 6) is -7.30. The Kier molecular flexibility index (Phi) is 29.3. The number of carbonyl (C=O) groups excluding carboxylic acids is 6. The van der Waals surface area contributed by atoms with Gasteiger partial charge in [-0.05, 0) is 163 Å². The fraction of sp³-hybridized carbons (Fsp3) is 0.591. The van der Waals surface area contributed by atoms with Crippen molar-refractivity contribution in [2.75, 3.05) is 115 Å². The van der Waals surface area contributed by atoms with Gasteiger partial charge in [0.05, 0.1) is 126 Å². The van der Waals surface area contributed by atoms with Crippen LogP contribution in [0.25, 0.3) is 0 Å². The van der Waals surface area contributed by atoms with Crippen LogP contribution in [-0.4, -0.2) is 277 Å². The van der Waals surface area contributed by atoms with E-state index < -0.39 is 210 Å². The number of anilines is 2. The lowest BCUT2D eigenvalue weighted by molar-refractivity contribution is -0.123. The van der Waals surface area contributed by atoms with E-state index in [1.807, 2.05) is 0 Å². The van der Waals surface area contributed by atoms with E-state index in [9.17, 15) is 110 Å². The molecule has 28 nitrogen and oxygen atoms in total. The average molecular weight is 1790 g/mol. The maximum atomic E-state index is 14.6. The highest BCUT2D eigenvalue weighted by Gasteiger charge is 2.44. The van der Waals surface area contributed by atoms with Crippen molar-refractivity contribution >= 4 is 182 Å². The van der Waals surface area contributed by atoms with Gasteiger partial charge < -0.3 is 111 Å². The monoisotopic (exact) mass is 1790 g/mol. The van der Waals surface area contributed by atoms with Crippen molar-refractivity contribution in [2.24, 2.45) is 0 Å². The highest BCUT2D eigenvalue weighted by atomic mass is 127. The van der Waals surface area contributed by atoms with E-state index in [0.717, 1.165) is 27.7 Å². The number of aliphatic hydroxyl groups is 16. The second-order valence-electron chi connectivity index (χ2n) is 17.8. The van der Waals surface area contributed by atoms with Gasteiger partial charge in [0, 0.05) is 33.3 Å². The Morgan fingerprint density at radius 2 is 0.577 bits per heavy atom. The molecule has 16 N–H and O–H groups in total. The first-order valence-corrected chi connectivity index (χ1v) is 29.3. The Hall–Kier alpha value is -1.00. The molecular weight excluding hydrogens is 1730 g/mol. The van der Waals surface area contributed by atoms with E-state index in [1.165, 1.54) is 0 Å². The minimum Gasteiger partial charge on any atom is -0.395 e. The van der Waals surface area contributed by atoms with Crippen molar-refractivity contribution in [3.8, 4) is 0 Å². The molecule has 6 atom stereocenters. The van der Waals surface area contributed by atoms with E-state index in [-0.39, 0.29) is 21.4 Å². The van der Waals surface area contributed by atoms with Crippen LogP contribution in [0, 0.1) is 21.4 Å². The van der Waals surface area contributed by atoms with Crippen LogP contribution in [0.4, 0.5) is 11.4 Å². The summed E-state index contributed by atoms with van der Waals surface area (Å²) in [6.45, 7) is -10.9. The summed E-state index contributed by atoms with van der Waals surface area (Å²) in [7, 11) is 0. The van der Waals surface area contributed by atoms with Crippen molar-refractivity contribution in [1.29, 1.82) is 0 Å². The second-order valence-corrected chi connectivity index (χ2v) is 24.2. The molecule has 2 aromatic rings. The van der Waals surface area contributed by atoms with Crippen molar-refractivity contribution in [3.63, 3.8) is 0 Å². The molecule has 2 rings (SSSR count). The maximum Gasteiger partial charge on any atom is 0.258 e. The lowest BCUT2D eigenvalue weighted by atomic mass is 10.0. The lowest BCUT2D eigenvalue weighted by Crippen LogP contribution is -2.55. The topological polar surface area (TPSA) is 446 Å². The first kappa shape index (κ1) is 73.1. The summed E-state index contributed by atoms with van der Waals surface area (Å²) in [5, 5.41) is 169. The van der Waals surface area contributed by atoms with Gasteiger partial charge in [-0.2, -0.15) is 0 Å². The van der Waals surface area contributed by atoms with E-state index in [0.29, 0.717) is 29.4 Å². The Morgan fingerprint density at radius 3 is 0.731 bits per heavy atom. The zero-order chi connectivity index (χ0) is 60.3. The molecule has 0 fully saturated rings. The first-order chi connectivity index (χ1) is 36.1. The molecule has 0 aliphatic heterocycles.